The average Bonchev–Trinajstić information content (AvgIpc) is 3.11. The second-order valence-electron chi connectivity index (χ2n) is 5.54. The molecule has 5 nitrogen and oxygen atoms in total. The Bertz CT molecular complexity index is 812. The van der Waals surface area contributed by atoms with Gasteiger partial charge < -0.3 is 5.32 Å². The van der Waals surface area contributed by atoms with E-state index in [2.05, 4.69) is 20.4 Å². The van der Waals surface area contributed by atoms with Gasteiger partial charge in [0.15, 0.2) is 5.69 Å². The van der Waals surface area contributed by atoms with E-state index in [0.717, 1.165) is 17.3 Å². The van der Waals surface area contributed by atoms with Crippen molar-refractivity contribution in [2.45, 2.75) is 25.7 Å². The van der Waals surface area contributed by atoms with E-state index in [1.807, 2.05) is 19.1 Å². The molecule has 8 heteroatoms. The van der Waals surface area contributed by atoms with Gasteiger partial charge in [0.1, 0.15) is 0 Å². The van der Waals surface area contributed by atoms with Crippen molar-refractivity contribution < 1.29 is 13.2 Å². The molecule has 0 saturated carbocycles. The number of nitrogens with zero attached hydrogens (tertiary/aromatic N) is 4. The van der Waals surface area contributed by atoms with Crippen LogP contribution in [-0.2, 0) is 12.7 Å². The Morgan fingerprint density at radius 3 is 2.48 bits per heavy atom. The third kappa shape index (κ3) is 4.21. The highest BCUT2D eigenvalue weighted by molar-refractivity contribution is 5.34. The van der Waals surface area contributed by atoms with E-state index in [9.17, 15) is 13.2 Å². The van der Waals surface area contributed by atoms with E-state index < -0.39 is 11.9 Å². The number of rotatable bonds is 5. The van der Waals surface area contributed by atoms with Crippen LogP contribution in [0.4, 0.5) is 13.2 Å². The van der Waals surface area contributed by atoms with Crippen LogP contribution in [0.15, 0.2) is 55.1 Å². The van der Waals surface area contributed by atoms with Crippen molar-refractivity contribution in [1.82, 2.24) is 25.1 Å². The summed E-state index contributed by atoms with van der Waals surface area (Å²) in [5.74, 6) is 0. The Labute approximate surface area is 142 Å². The highest BCUT2D eigenvalue weighted by Crippen LogP contribution is 2.27. The Morgan fingerprint density at radius 2 is 1.88 bits per heavy atom. The molecule has 3 rings (SSSR count). The fourth-order valence-electron chi connectivity index (χ4n) is 2.30. The summed E-state index contributed by atoms with van der Waals surface area (Å²) in [5.41, 5.74) is 1.51. The van der Waals surface area contributed by atoms with Crippen LogP contribution in [0.5, 0.6) is 0 Å². The Morgan fingerprint density at radius 1 is 1.12 bits per heavy atom. The molecule has 2 heterocycles. The van der Waals surface area contributed by atoms with Gasteiger partial charge in [-0.3, -0.25) is 9.97 Å². The van der Waals surface area contributed by atoms with Gasteiger partial charge in [-0.1, -0.05) is 12.1 Å². The van der Waals surface area contributed by atoms with Crippen LogP contribution in [0.25, 0.3) is 5.69 Å². The quantitative estimate of drug-likeness (QED) is 0.767. The second-order valence-corrected chi connectivity index (χ2v) is 5.54. The van der Waals surface area contributed by atoms with Gasteiger partial charge in [-0.15, -0.1) is 0 Å². The minimum absolute atomic E-state index is 0.0360. The lowest BCUT2D eigenvalue weighted by Gasteiger charge is -2.13. The zero-order valence-corrected chi connectivity index (χ0v) is 13.4. The number of nitrogens with one attached hydrogen (secondary N) is 1. The summed E-state index contributed by atoms with van der Waals surface area (Å²) in [6.07, 6.45) is 1.82. The van der Waals surface area contributed by atoms with Crippen molar-refractivity contribution in [3.63, 3.8) is 0 Å². The molecule has 1 N–H and O–H groups in total. The number of halogens is 3. The van der Waals surface area contributed by atoms with E-state index in [1.165, 1.54) is 10.9 Å². The molecule has 3 aromatic rings. The monoisotopic (exact) mass is 347 g/mol. The molecule has 0 radical (unpaired) electrons. The maximum atomic E-state index is 12.6. The highest BCUT2D eigenvalue weighted by Gasteiger charge is 2.33. The molecule has 2 aromatic heterocycles. The van der Waals surface area contributed by atoms with Crippen LogP contribution in [-0.4, -0.2) is 19.7 Å². The standard InChI is InChI=1S/C17H16F3N5/c1-12(15-11-21-7-8-22-15)23-10-13-2-4-14(5-3-13)25-9-6-16(24-25)17(18,19)20/h2-9,11-12,23H,10H2,1H3/t12-/m1/s1. The van der Waals surface area contributed by atoms with Crippen molar-refractivity contribution in [1.29, 1.82) is 0 Å². The van der Waals surface area contributed by atoms with Gasteiger partial charge in [-0.2, -0.15) is 18.3 Å². The second kappa shape index (κ2) is 7.02. The molecule has 25 heavy (non-hydrogen) atoms. The molecule has 0 unspecified atom stereocenters. The van der Waals surface area contributed by atoms with Crippen molar-refractivity contribution in [3.05, 3.63) is 72.1 Å². The number of hydrogen-bond donors (Lipinski definition) is 1. The maximum Gasteiger partial charge on any atom is 0.435 e. The summed E-state index contributed by atoms with van der Waals surface area (Å²) in [6.45, 7) is 2.59. The number of alkyl halides is 3. The fourth-order valence-corrected chi connectivity index (χ4v) is 2.30. The predicted octanol–water partition coefficient (Wildman–Crippen LogP) is 3.53. The van der Waals surface area contributed by atoms with Gasteiger partial charge in [-0.05, 0) is 30.7 Å². The molecule has 0 fully saturated rings. The smallest absolute Gasteiger partial charge is 0.305 e. The zero-order chi connectivity index (χ0) is 17.9. The number of hydrogen-bond acceptors (Lipinski definition) is 4. The van der Waals surface area contributed by atoms with E-state index >= 15 is 0 Å². The maximum absolute atomic E-state index is 12.6. The molecule has 130 valence electrons. The molecule has 0 bridgehead atoms. The van der Waals surface area contributed by atoms with Crippen molar-refractivity contribution in [2.24, 2.45) is 0 Å². The minimum Gasteiger partial charge on any atom is -0.305 e. The van der Waals surface area contributed by atoms with Crippen LogP contribution in [0.3, 0.4) is 0 Å². The first-order valence-electron chi connectivity index (χ1n) is 7.65. The largest absolute Gasteiger partial charge is 0.435 e. The number of benzene rings is 1. The molecule has 0 spiro atoms. The lowest BCUT2D eigenvalue weighted by molar-refractivity contribution is -0.141. The first kappa shape index (κ1) is 17.1. The summed E-state index contributed by atoms with van der Waals surface area (Å²) < 4.78 is 39.0. The third-order valence-electron chi connectivity index (χ3n) is 3.72. The fraction of sp³-hybridized carbons (Fsp3) is 0.235. The molecule has 0 saturated heterocycles. The van der Waals surface area contributed by atoms with Crippen LogP contribution >= 0.6 is 0 Å². The first-order valence-corrected chi connectivity index (χ1v) is 7.65. The van der Waals surface area contributed by atoms with Gasteiger partial charge in [0.25, 0.3) is 0 Å². The lowest BCUT2D eigenvalue weighted by atomic mass is 10.2. The van der Waals surface area contributed by atoms with Gasteiger partial charge in [0, 0.05) is 37.4 Å². The van der Waals surface area contributed by atoms with Crippen molar-refractivity contribution in [3.8, 4) is 5.69 Å². The molecule has 0 aliphatic heterocycles. The van der Waals surface area contributed by atoms with Crippen LogP contribution < -0.4 is 5.32 Å². The summed E-state index contributed by atoms with van der Waals surface area (Å²) in [6, 6.07) is 8.15. The molecule has 0 aliphatic carbocycles. The lowest BCUT2D eigenvalue weighted by Crippen LogP contribution is -2.19. The van der Waals surface area contributed by atoms with Gasteiger partial charge in [0.2, 0.25) is 0 Å². The molecule has 0 aliphatic rings. The van der Waals surface area contributed by atoms with E-state index in [-0.39, 0.29) is 6.04 Å². The van der Waals surface area contributed by atoms with E-state index in [1.54, 1.807) is 30.7 Å². The molecular weight excluding hydrogens is 331 g/mol. The summed E-state index contributed by atoms with van der Waals surface area (Å²) in [7, 11) is 0. The summed E-state index contributed by atoms with van der Waals surface area (Å²) in [4.78, 5) is 8.27. The third-order valence-corrected chi connectivity index (χ3v) is 3.72. The van der Waals surface area contributed by atoms with Gasteiger partial charge in [-0.25, -0.2) is 4.68 Å². The van der Waals surface area contributed by atoms with Crippen LogP contribution in [0.2, 0.25) is 0 Å². The molecular formula is C17H16F3N5. The zero-order valence-electron chi connectivity index (χ0n) is 13.4. The highest BCUT2D eigenvalue weighted by atomic mass is 19.4. The summed E-state index contributed by atoms with van der Waals surface area (Å²) >= 11 is 0. The van der Waals surface area contributed by atoms with Crippen LogP contribution in [0, 0.1) is 0 Å². The van der Waals surface area contributed by atoms with Gasteiger partial charge >= 0.3 is 6.18 Å². The predicted molar refractivity (Wildman–Crippen MR) is 85.9 cm³/mol. The minimum atomic E-state index is -4.44. The Hall–Kier alpha value is -2.74. The SMILES string of the molecule is C[C@@H](NCc1ccc(-n2ccc(C(F)(F)F)n2)cc1)c1cnccn1. The van der Waals surface area contributed by atoms with Gasteiger partial charge in [0.05, 0.1) is 11.4 Å². The average molecular weight is 347 g/mol. The van der Waals surface area contributed by atoms with Crippen molar-refractivity contribution in [2.75, 3.05) is 0 Å². The van der Waals surface area contributed by atoms with Crippen molar-refractivity contribution >= 4 is 0 Å². The molecule has 1 atom stereocenters. The summed E-state index contributed by atoms with van der Waals surface area (Å²) in [5, 5.41) is 6.88. The normalized spacial score (nSPS) is 13.0. The van der Waals surface area contributed by atoms with E-state index in [0.29, 0.717) is 12.2 Å². The number of aromatic nitrogens is 4. The Balaban J connectivity index is 1.63. The molecule has 1 aromatic carbocycles. The topological polar surface area (TPSA) is 55.6 Å². The van der Waals surface area contributed by atoms with Crippen LogP contribution in [0.1, 0.15) is 29.9 Å². The Kier molecular flexibility index (Phi) is 4.80. The molecule has 0 amide bonds. The van der Waals surface area contributed by atoms with E-state index in [4.69, 9.17) is 0 Å². The first-order chi connectivity index (χ1) is 11.9.